The van der Waals surface area contributed by atoms with Crippen molar-refractivity contribution in [2.75, 3.05) is 5.32 Å². The van der Waals surface area contributed by atoms with Gasteiger partial charge in [0.2, 0.25) is 0 Å². The molecule has 3 heterocycles. The number of rotatable bonds is 3. The van der Waals surface area contributed by atoms with Crippen molar-refractivity contribution >= 4 is 37.5 Å². The van der Waals surface area contributed by atoms with E-state index in [1.54, 1.807) is 30.5 Å². The van der Waals surface area contributed by atoms with E-state index in [2.05, 4.69) is 15.3 Å². The Labute approximate surface area is 146 Å². The van der Waals surface area contributed by atoms with Gasteiger partial charge in [0.1, 0.15) is 21.6 Å². The Bertz CT molecular complexity index is 1160. The highest BCUT2D eigenvalue weighted by atomic mass is 32.1. The van der Waals surface area contributed by atoms with Crippen LogP contribution in [0.4, 0.5) is 5.69 Å². The van der Waals surface area contributed by atoms with Gasteiger partial charge in [-0.3, -0.25) is 9.36 Å². The lowest BCUT2D eigenvalue weighted by molar-refractivity contribution is 0.475. The Morgan fingerprint density at radius 1 is 1.16 bits per heavy atom. The van der Waals surface area contributed by atoms with Crippen LogP contribution in [0.25, 0.3) is 26.1 Å². The summed E-state index contributed by atoms with van der Waals surface area (Å²) in [6.07, 6.45) is 5.65. The fourth-order valence-corrected chi connectivity index (χ4v) is 3.97. The maximum Gasteiger partial charge on any atom is 0.275 e. The first-order valence-corrected chi connectivity index (χ1v) is 8.87. The SMILES string of the molecule is O=c1c2sc3nccc(NC4CC4)c3c2ncn1-c1ccc(O)cc1. The largest absolute Gasteiger partial charge is 0.508 e. The molecule has 0 aliphatic heterocycles. The zero-order chi connectivity index (χ0) is 17.0. The van der Waals surface area contributed by atoms with Crippen LogP contribution in [0.15, 0.2) is 47.7 Å². The van der Waals surface area contributed by atoms with Crippen molar-refractivity contribution in [3.05, 3.63) is 53.2 Å². The van der Waals surface area contributed by atoms with Crippen molar-refractivity contribution in [1.29, 1.82) is 0 Å². The molecule has 2 N–H and O–H groups in total. The molecule has 0 radical (unpaired) electrons. The highest BCUT2D eigenvalue weighted by Gasteiger charge is 2.23. The number of hydrogen-bond donors (Lipinski definition) is 2. The van der Waals surface area contributed by atoms with Crippen LogP contribution in [0.2, 0.25) is 0 Å². The first-order chi connectivity index (χ1) is 12.2. The van der Waals surface area contributed by atoms with Gasteiger partial charge in [0.25, 0.3) is 5.56 Å². The number of benzene rings is 1. The van der Waals surface area contributed by atoms with E-state index in [0.29, 0.717) is 21.9 Å². The lowest BCUT2D eigenvalue weighted by atomic mass is 10.2. The molecule has 1 aromatic carbocycles. The minimum absolute atomic E-state index is 0.129. The molecule has 0 bridgehead atoms. The van der Waals surface area contributed by atoms with E-state index in [-0.39, 0.29) is 11.3 Å². The standard InChI is InChI=1S/C18H14N4O2S/c23-12-5-3-11(4-6-12)22-9-20-15-14-13(21-10-1-2-10)7-8-19-17(14)25-16(15)18(22)24/h3-10,23H,1-2H2,(H,19,21). The number of phenols is 1. The van der Waals surface area contributed by atoms with Crippen molar-refractivity contribution in [2.24, 2.45) is 0 Å². The lowest BCUT2D eigenvalue weighted by Crippen LogP contribution is -2.17. The molecule has 0 amide bonds. The highest BCUT2D eigenvalue weighted by molar-refractivity contribution is 7.25. The molecule has 7 heteroatoms. The minimum atomic E-state index is -0.129. The second-order valence-corrected chi connectivity index (χ2v) is 7.17. The summed E-state index contributed by atoms with van der Waals surface area (Å²) in [5.74, 6) is 0.160. The molecule has 124 valence electrons. The predicted molar refractivity (Wildman–Crippen MR) is 98.8 cm³/mol. The molecule has 5 rings (SSSR count). The molecule has 0 spiro atoms. The smallest absolute Gasteiger partial charge is 0.275 e. The summed E-state index contributed by atoms with van der Waals surface area (Å²) in [6.45, 7) is 0. The first-order valence-electron chi connectivity index (χ1n) is 8.05. The molecule has 1 aliphatic rings. The second-order valence-electron chi connectivity index (χ2n) is 6.17. The number of nitrogens with zero attached hydrogens (tertiary/aromatic N) is 3. The van der Waals surface area contributed by atoms with Crippen LogP contribution in [-0.4, -0.2) is 25.7 Å². The first kappa shape index (κ1) is 14.4. The maximum atomic E-state index is 13.0. The van der Waals surface area contributed by atoms with E-state index in [0.717, 1.165) is 15.9 Å². The minimum Gasteiger partial charge on any atom is -0.508 e. The van der Waals surface area contributed by atoms with Gasteiger partial charge in [-0.05, 0) is 43.2 Å². The molecule has 0 saturated heterocycles. The van der Waals surface area contributed by atoms with Crippen LogP contribution in [0.1, 0.15) is 12.8 Å². The Morgan fingerprint density at radius 3 is 2.72 bits per heavy atom. The van der Waals surface area contributed by atoms with Gasteiger partial charge in [0.15, 0.2) is 0 Å². The number of aromatic nitrogens is 3. The van der Waals surface area contributed by atoms with Crippen LogP contribution in [-0.2, 0) is 0 Å². The number of aromatic hydroxyl groups is 1. The van der Waals surface area contributed by atoms with Crippen molar-refractivity contribution < 1.29 is 5.11 Å². The third-order valence-corrected chi connectivity index (χ3v) is 5.42. The summed E-state index contributed by atoms with van der Waals surface area (Å²) in [5, 5.41) is 13.9. The number of fused-ring (bicyclic) bond motifs is 3. The predicted octanol–water partition coefficient (Wildman–Crippen LogP) is 3.28. The number of pyridine rings is 1. The summed E-state index contributed by atoms with van der Waals surface area (Å²) >= 11 is 1.37. The fraction of sp³-hybridized carbons (Fsp3) is 0.167. The normalized spacial score (nSPS) is 14.2. The van der Waals surface area contributed by atoms with Crippen LogP contribution in [0.3, 0.4) is 0 Å². The summed E-state index contributed by atoms with van der Waals surface area (Å²) in [6, 6.07) is 8.94. The Morgan fingerprint density at radius 2 is 1.96 bits per heavy atom. The molecule has 25 heavy (non-hydrogen) atoms. The second kappa shape index (κ2) is 5.29. The molecular weight excluding hydrogens is 336 g/mol. The molecule has 1 saturated carbocycles. The lowest BCUT2D eigenvalue weighted by Gasteiger charge is -2.07. The number of thiophene rings is 1. The third kappa shape index (κ3) is 2.35. The molecule has 1 fully saturated rings. The van der Waals surface area contributed by atoms with Crippen LogP contribution in [0, 0.1) is 0 Å². The van der Waals surface area contributed by atoms with Gasteiger partial charge < -0.3 is 10.4 Å². The molecule has 4 aromatic rings. The van der Waals surface area contributed by atoms with E-state index < -0.39 is 0 Å². The molecule has 3 aromatic heterocycles. The van der Waals surface area contributed by atoms with Crippen molar-refractivity contribution in [3.8, 4) is 11.4 Å². The summed E-state index contributed by atoms with van der Waals surface area (Å²) in [7, 11) is 0. The fourth-order valence-electron chi connectivity index (χ4n) is 2.92. The number of nitrogens with one attached hydrogen (secondary N) is 1. The van der Waals surface area contributed by atoms with Crippen molar-refractivity contribution in [3.63, 3.8) is 0 Å². The zero-order valence-corrected chi connectivity index (χ0v) is 14.0. The van der Waals surface area contributed by atoms with Gasteiger partial charge in [-0.2, -0.15) is 0 Å². The summed E-state index contributed by atoms with van der Waals surface area (Å²) in [4.78, 5) is 22.7. The number of phenolic OH excluding ortho intramolecular Hbond substituents is 1. The average Bonchev–Trinajstić information content (AvgIpc) is 3.34. The van der Waals surface area contributed by atoms with Gasteiger partial charge in [-0.15, -0.1) is 11.3 Å². The Kier molecular flexibility index (Phi) is 3.05. The number of anilines is 1. The van der Waals surface area contributed by atoms with Gasteiger partial charge >= 0.3 is 0 Å². The van der Waals surface area contributed by atoms with Gasteiger partial charge in [-0.25, -0.2) is 9.97 Å². The van der Waals surface area contributed by atoms with Crippen LogP contribution in [0.5, 0.6) is 5.75 Å². The molecular formula is C18H14N4O2S. The van der Waals surface area contributed by atoms with Crippen molar-refractivity contribution in [1.82, 2.24) is 14.5 Å². The molecule has 6 nitrogen and oxygen atoms in total. The molecule has 0 atom stereocenters. The van der Waals surface area contributed by atoms with E-state index >= 15 is 0 Å². The van der Waals surface area contributed by atoms with E-state index in [1.165, 1.54) is 35.1 Å². The molecule has 0 unspecified atom stereocenters. The number of hydrogen-bond acceptors (Lipinski definition) is 6. The topological polar surface area (TPSA) is 80.0 Å². The van der Waals surface area contributed by atoms with Gasteiger partial charge in [-0.1, -0.05) is 0 Å². The van der Waals surface area contributed by atoms with E-state index in [4.69, 9.17) is 0 Å². The van der Waals surface area contributed by atoms with Gasteiger partial charge in [0, 0.05) is 17.9 Å². The van der Waals surface area contributed by atoms with Crippen LogP contribution < -0.4 is 10.9 Å². The maximum absolute atomic E-state index is 13.0. The highest BCUT2D eigenvalue weighted by Crippen LogP contribution is 2.36. The van der Waals surface area contributed by atoms with Gasteiger partial charge in [0.05, 0.1) is 16.6 Å². The Hall–Kier alpha value is -2.93. The third-order valence-electron chi connectivity index (χ3n) is 4.35. The average molecular weight is 350 g/mol. The van der Waals surface area contributed by atoms with E-state index in [1.807, 2.05) is 6.07 Å². The Balaban J connectivity index is 1.74. The monoisotopic (exact) mass is 350 g/mol. The van der Waals surface area contributed by atoms with E-state index in [9.17, 15) is 9.90 Å². The van der Waals surface area contributed by atoms with Crippen molar-refractivity contribution in [2.45, 2.75) is 18.9 Å². The zero-order valence-electron chi connectivity index (χ0n) is 13.1. The molecule has 1 aliphatic carbocycles. The quantitative estimate of drug-likeness (QED) is 0.593. The summed E-state index contributed by atoms with van der Waals surface area (Å²) < 4.78 is 2.08. The van der Waals surface area contributed by atoms with Crippen LogP contribution >= 0.6 is 11.3 Å². The summed E-state index contributed by atoms with van der Waals surface area (Å²) in [5.41, 5.74) is 2.22.